The predicted molar refractivity (Wildman–Crippen MR) is 18.9 cm³/mol. The van der Waals surface area contributed by atoms with E-state index < -0.39 is 0 Å². The molecule has 0 saturated heterocycles. The van der Waals surface area contributed by atoms with Gasteiger partial charge in [0.25, 0.3) is 0 Å². The van der Waals surface area contributed by atoms with E-state index in [1.807, 2.05) is 14.7 Å². The van der Waals surface area contributed by atoms with Crippen LogP contribution in [0.5, 0.6) is 0 Å². The van der Waals surface area contributed by atoms with E-state index in [9.17, 15) is 0 Å². The van der Waals surface area contributed by atoms with Crippen LogP contribution in [-0.4, -0.2) is 5.21 Å². The first-order valence-corrected chi connectivity index (χ1v) is 1.32. The first kappa shape index (κ1) is 4.56. The number of hydrogen-bond donors (Lipinski definition) is 2. The van der Waals surface area contributed by atoms with Crippen LogP contribution in [0.4, 0.5) is 0 Å². The van der Waals surface area contributed by atoms with E-state index in [-0.39, 0.29) is 37.4 Å². The molecular weight excluding hydrogens is 311 g/mol. The summed E-state index contributed by atoms with van der Waals surface area (Å²) >= 11 is 0. The molecule has 0 bridgehead atoms. The molecule has 0 aliphatic carbocycles. The van der Waals surface area contributed by atoms with Gasteiger partial charge in [-0.1, -0.05) is 0 Å². The van der Waals surface area contributed by atoms with Crippen LogP contribution < -0.4 is 5.48 Å². The number of nitrogens with one attached hydrogen (secondary N) is 1. The Bertz CT molecular complexity index is 38.9. The van der Waals surface area contributed by atoms with Crippen LogP contribution in [0, 0.1) is 37.4 Å². The molecule has 5 heavy (non-hydrogen) atoms. The Morgan fingerprint density at radius 3 is 3.20 bits per heavy atom. The molecular formula is CH5NOPU-. The normalized spacial score (nSPS) is 12.4. The molecule has 4 heteroatoms. The molecule has 0 aliphatic rings. The van der Waals surface area contributed by atoms with Gasteiger partial charge in [-0.25, -0.2) is 6.26 Å². The van der Waals surface area contributed by atoms with Crippen molar-refractivity contribution in [3.05, 3.63) is 6.26 Å². The van der Waals surface area contributed by atoms with Crippen molar-refractivity contribution < 1.29 is 39.1 Å². The van der Waals surface area contributed by atoms with E-state index in [2.05, 4.69) is 5.21 Å². The first-order chi connectivity index (χ1) is 2.77. The Morgan fingerprint density at radius 1 is 2.60 bits per heavy atom. The van der Waals surface area contributed by atoms with Crippen molar-refractivity contribution in [1.29, 1.82) is 0 Å². The van der Waals surface area contributed by atoms with E-state index in [1.165, 1.54) is 0 Å². The molecule has 30 valence electrons. The van der Waals surface area contributed by atoms with Gasteiger partial charge in [0.2, 0.25) is 1.43 Å². The average molecular weight is 319 g/mol. The zero-order valence-corrected chi connectivity index (χ0v) is 7.80. The van der Waals surface area contributed by atoms with Gasteiger partial charge >= 0.3 is 0 Å². The molecule has 1 atom stereocenters. The zero-order chi connectivity index (χ0) is 4.99. The van der Waals surface area contributed by atoms with Crippen LogP contribution in [0.25, 0.3) is 0 Å². The SMILES string of the molecule is [2H]ON[C-]([3H])P.[U]. The largest absolute Gasteiger partial charge is 0.350 e. The minimum atomic E-state index is 0. The third-order valence-corrected chi connectivity index (χ3v) is 0.177. The molecule has 0 aromatic heterocycles. The second-order valence-corrected chi connectivity index (χ2v) is 0.535. The maximum absolute atomic E-state index is 6.50. The fourth-order valence-corrected chi connectivity index (χ4v) is 0. The topological polar surface area (TPSA) is 32.3 Å². The smallest absolute Gasteiger partial charge is 0.234 e. The standard InChI is InChI=1S/CH5NOP.U/c3-2-1-4;/h1-3H,4H2;/q-1;/i1T,3D;. The summed E-state index contributed by atoms with van der Waals surface area (Å²) < 4.78 is 12.5. The summed E-state index contributed by atoms with van der Waals surface area (Å²) in [5, 5.41) is 3.56. The van der Waals surface area contributed by atoms with Crippen LogP contribution in [0.1, 0.15) is 1.37 Å². The van der Waals surface area contributed by atoms with Gasteiger partial charge < -0.3 is 10.7 Å². The maximum atomic E-state index is 6.50. The van der Waals surface area contributed by atoms with E-state index in [0.717, 1.165) is 0 Å². The molecule has 0 spiro atoms. The first-order valence-electron chi connectivity index (χ1n) is 1.65. The van der Waals surface area contributed by atoms with Gasteiger partial charge in [-0.05, 0) is 0 Å². The van der Waals surface area contributed by atoms with Crippen molar-refractivity contribution in [2.45, 2.75) is 0 Å². The molecule has 0 aromatic carbocycles. The molecule has 2 N–H and O–H groups in total. The van der Waals surface area contributed by atoms with Gasteiger partial charge in [0, 0.05) is 31.1 Å². The van der Waals surface area contributed by atoms with Gasteiger partial charge in [0.1, 0.15) is 0 Å². The van der Waals surface area contributed by atoms with Crippen molar-refractivity contribution in [2.24, 2.45) is 0 Å². The maximum Gasteiger partial charge on any atom is 0.234 e. The van der Waals surface area contributed by atoms with Crippen molar-refractivity contribution in [3.8, 4) is 0 Å². The van der Waals surface area contributed by atoms with Crippen molar-refractivity contribution in [3.63, 3.8) is 0 Å². The van der Waals surface area contributed by atoms with Crippen LogP contribution in [0.3, 0.4) is 0 Å². The van der Waals surface area contributed by atoms with E-state index >= 15 is 0 Å². The fourth-order valence-electron chi connectivity index (χ4n) is 0. The quantitative estimate of drug-likeness (QED) is 0.425. The third-order valence-electron chi connectivity index (χ3n) is 0.0589. The Kier molecular flexibility index (Phi) is 8.25. The van der Waals surface area contributed by atoms with E-state index in [0.29, 0.717) is 0 Å². The third kappa shape index (κ3) is 10.8. The molecule has 0 fully saturated rings. The summed E-state index contributed by atoms with van der Waals surface area (Å²) in [5.74, 6) is 0. The molecule has 0 radical (unpaired) electrons. The fraction of sp³-hybridized carbons (Fsp3) is 0. The molecule has 1 unspecified atom stereocenters. The molecule has 0 heterocycles. The Balaban J connectivity index is 0. The van der Waals surface area contributed by atoms with E-state index in [4.69, 9.17) is 2.80 Å². The van der Waals surface area contributed by atoms with Gasteiger partial charge in [-0.3, -0.25) is 9.24 Å². The summed E-state index contributed by atoms with van der Waals surface area (Å²) in [6, 6.07) is 0. The Hall–Kier alpha value is 1.40. The van der Waals surface area contributed by atoms with Gasteiger partial charge in [-0.15, -0.1) is 0 Å². The second-order valence-electron chi connectivity index (χ2n) is 0.246. The number of hydrogen-bond acceptors (Lipinski definition) is 2. The molecule has 0 saturated carbocycles. The van der Waals surface area contributed by atoms with E-state index in [1.54, 1.807) is 0 Å². The van der Waals surface area contributed by atoms with Crippen LogP contribution in [-0.2, 0) is 0 Å². The Morgan fingerprint density at radius 2 is 3.20 bits per heavy atom. The monoisotopic (exact) mass is 319 g/mol. The van der Waals surface area contributed by atoms with Gasteiger partial charge in [-0.2, -0.15) is 1.37 Å². The van der Waals surface area contributed by atoms with Crippen molar-refractivity contribution in [1.82, 2.24) is 5.48 Å². The molecule has 0 rings (SSSR count). The molecule has 0 aromatic rings. The predicted octanol–water partition coefficient (Wildman–Crippen LogP) is -0.0404. The average Bonchev–Trinajstić information content (AvgIpc) is 1.35. The van der Waals surface area contributed by atoms with Crippen LogP contribution >= 0.6 is 9.24 Å². The van der Waals surface area contributed by atoms with Crippen LogP contribution in [0.2, 0.25) is 1.43 Å². The number of hydroxylamine groups is 1. The summed E-state index contributed by atoms with van der Waals surface area (Å²) in [7, 11) is 2.01. The Labute approximate surface area is 60.1 Å². The van der Waals surface area contributed by atoms with Gasteiger partial charge in [0.05, 0.1) is 0 Å². The van der Waals surface area contributed by atoms with Crippen LogP contribution in [0.15, 0.2) is 0 Å². The second kappa shape index (κ2) is 9.04. The molecule has 0 amide bonds. The minimum absolute atomic E-state index is 0. The summed E-state index contributed by atoms with van der Waals surface area (Å²) in [6.07, 6.45) is 0.0463. The zero-order valence-electron chi connectivity index (χ0n) is 4.49. The number of rotatable bonds is 2. The van der Waals surface area contributed by atoms with Gasteiger partial charge in [0.15, 0.2) is 0 Å². The summed E-state index contributed by atoms with van der Waals surface area (Å²) in [6.45, 7) is 0. The van der Waals surface area contributed by atoms with Crippen molar-refractivity contribution >= 4 is 9.24 Å². The summed E-state index contributed by atoms with van der Waals surface area (Å²) in [5.41, 5.74) is 1.92. The minimum Gasteiger partial charge on any atom is -0.350 e. The van der Waals surface area contributed by atoms with Crippen molar-refractivity contribution in [2.75, 3.05) is 0 Å². The summed E-state index contributed by atoms with van der Waals surface area (Å²) in [4.78, 5) is 0. The molecule has 0 aliphatic heterocycles. The molecule has 2 nitrogen and oxygen atoms in total.